The van der Waals surface area contributed by atoms with Crippen molar-refractivity contribution in [1.82, 2.24) is 19.7 Å². The number of nitrogens with zero attached hydrogens (tertiary/aromatic N) is 4. The predicted molar refractivity (Wildman–Crippen MR) is 92.0 cm³/mol. The Kier molecular flexibility index (Phi) is 4.27. The molecule has 0 aromatic carbocycles. The van der Waals surface area contributed by atoms with Crippen LogP contribution in [0.15, 0.2) is 18.5 Å². The van der Waals surface area contributed by atoms with E-state index in [-0.39, 0.29) is 17.4 Å². The molecular formula is C17H24N4OS. The number of aromatic nitrogens is 3. The van der Waals surface area contributed by atoms with E-state index in [1.165, 1.54) is 9.88 Å². The third-order valence-electron chi connectivity index (χ3n) is 4.67. The number of amides is 1. The van der Waals surface area contributed by atoms with Crippen molar-refractivity contribution < 1.29 is 4.79 Å². The van der Waals surface area contributed by atoms with Gasteiger partial charge in [0.15, 0.2) is 0 Å². The van der Waals surface area contributed by atoms with Gasteiger partial charge < -0.3 is 4.90 Å². The number of carbonyl (C=O) groups excluding carboxylic acids is 1. The SMILES string of the molecule is Cc1cnc(C2(C)CCN(C(=O)c3ccnn3C(C)C)CC2)s1. The van der Waals surface area contributed by atoms with Crippen LogP contribution in [0, 0.1) is 6.92 Å². The van der Waals surface area contributed by atoms with Crippen LogP contribution in [0.3, 0.4) is 0 Å². The van der Waals surface area contributed by atoms with E-state index in [0.29, 0.717) is 5.69 Å². The Morgan fingerprint density at radius 2 is 2.04 bits per heavy atom. The van der Waals surface area contributed by atoms with Crippen LogP contribution in [0.4, 0.5) is 0 Å². The molecule has 1 saturated heterocycles. The molecule has 0 radical (unpaired) electrons. The second-order valence-electron chi connectivity index (χ2n) is 6.88. The van der Waals surface area contributed by atoms with Crippen molar-refractivity contribution in [2.45, 2.75) is 52.0 Å². The molecule has 3 rings (SSSR count). The summed E-state index contributed by atoms with van der Waals surface area (Å²) in [4.78, 5) is 20.6. The quantitative estimate of drug-likeness (QED) is 0.865. The largest absolute Gasteiger partial charge is 0.337 e. The third kappa shape index (κ3) is 3.04. The molecule has 23 heavy (non-hydrogen) atoms. The molecule has 0 atom stereocenters. The summed E-state index contributed by atoms with van der Waals surface area (Å²) in [6.45, 7) is 10.00. The highest BCUT2D eigenvalue weighted by Crippen LogP contribution is 2.37. The van der Waals surface area contributed by atoms with E-state index in [9.17, 15) is 4.79 Å². The van der Waals surface area contributed by atoms with Gasteiger partial charge in [-0.05, 0) is 39.7 Å². The second kappa shape index (κ2) is 6.07. The minimum absolute atomic E-state index is 0.0913. The van der Waals surface area contributed by atoms with Gasteiger partial charge in [0.1, 0.15) is 5.69 Å². The van der Waals surface area contributed by atoms with Crippen LogP contribution in [0.1, 0.15) is 60.0 Å². The average molecular weight is 332 g/mol. The van der Waals surface area contributed by atoms with Gasteiger partial charge in [0.25, 0.3) is 5.91 Å². The Bertz CT molecular complexity index is 695. The standard InChI is InChI=1S/C17H24N4OS/c1-12(2)21-14(5-8-19-21)15(22)20-9-6-17(4,7-10-20)16-18-11-13(3)23-16/h5,8,11-12H,6-7,9-10H2,1-4H3. The number of rotatable bonds is 3. The molecule has 2 aromatic rings. The normalized spacial score (nSPS) is 17.7. The van der Waals surface area contributed by atoms with Gasteiger partial charge in [-0.1, -0.05) is 6.92 Å². The molecule has 0 unspecified atom stereocenters. The van der Waals surface area contributed by atoms with Gasteiger partial charge in [-0.25, -0.2) is 4.98 Å². The lowest BCUT2D eigenvalue weighted by Crippen LogP contribution is -2.44. The lowest BCUT2D eigenvalue weighted by molar-refractivity contribution is 0.0661. The fourth-order valence-electron chi connectivity index (χ4n) is 3.11. The molecule has 3 heterocycles. The monoisotopic (exact) mass is 332 g/mol. The first kappa shape index (κ1) is 16.2. The first-order valence-electron chi connectivity index (χ1n) is 8.16. The molecule has 6 heteroatoms. The van der Waals surface area contributed by atoms with Crippen LogP contribution in [0.5, 0.6) is 0 Å². The maximum absolute atomic E-state index is 12.8. The summed E-state index contributed by atoms with van der Waals surface area (Å²) in [6.07, 6.45) is 5.58. The molecule has 0 N–H and O–H groups in total. The lowest BCUT2D eigenvalue weighted by Gasteiger charge is -2.38. The van der Waals surface area contributed by atoms with Gasteiger partial charge in [0.2, 0.25) is 0 Å². The van der Waals surface area contributed by atoms with Crippen molar-refractivity contribution in [2.75, 3.05) is 13.1 Å². The first-order valence-corrected chi connectivity index (χ1v) is 8.98. The summed E-state index contributed by atoms with van der Waals surface area (Å²) < 4.78 is 1.81. The molecule has 0 spiro atoms. The topological polar surface area (TPSA) is 51.0 Å². The smallest absolute Gasteiger partial charge is 0.272 e. The van der Waals surface area contributed by atoms with E-state index in [2.05, 4.69) is 23.9 Å². The highest BCUT2D eigenvalue weighted by Gasteiger charge is 2.36. The van der Waals surface area contributed by atoms with E-state index in [0.717, 1.165) is 25.9 Å². The van der Waals surface area contributed by atoms with Crippen molar-refractivity contribution in [3.05, 3.63) is 34.0 Å². The van der Waals surface area contributed by atoms with Crippen molar-refractivity contribution in [1.29, 1.82) is 0 Å². The summed E-state index contributed by atoms with van der Waals surface area (Å²) in [7, 11) is 0. The molecular weight excluding hydrogens is 308 g/mol. The number of hydrogen-bond donors (Lipinski definition) is 0. The van der Waals surface area contributed by atoms with Crippen molar-refractivity contribution in [3.8, 4) is 0 Å². The van der Waals surface area contributed by atoms with E-state index in [1.807, 2.05) is 31.0 Å². The fourth-order valence-corrected chi connectivity index (χ4v) is 4.07. The van der Waals surface area contributed by atoms with Crippen LogP contribution in [-0.2, 0) is 5.41 Å². The summed E-state index contributed by atoms with van der Waals surface area (Å²) in [5.41, 5.74) is 0.780. The number of piperidine rings is 1. The molecule has 1 aliphatic heterocycles. The maximum atomic E-state index is 12.8. The zero-order chi connectivity index (χ0) is 16.6. The molecule has 0 saturated carbocycles. The summed E-state index contributed by atoms with van der Waals surface area (Å²) in [5, 5.41) is 5.47. The van der Waals surface area contributed by atoms with Crippen molar-refractivity contribution >= 4 is 17.2 Å². The summed E-state index contributed by atoms with van der Waals surface area (Å²) in [6, 6.07) is 2.01. The van der Waals surface area contributed by atoms with Crippen molar-refractivity contribution in [2.24, 2.45) is 0 Å². The summed E-state index contributed by atoms with van der Waals surface area (Å²) in [5.74, 6) is 0.0913. The molecule has 1 fully saturated rings. The minimum atomic E-state index is 0.0913. The molecule has 0 bridgehead atoms. The number of thiazole rings is 1. The molecule has 0 aliphatic carbocycles. The number of likely N-dealkylation sites (tertiary alicyclic amines) is 1. The Balaban J connectivity index is 1.71. The van der Waals surface area contributed by atoms with Gasteiger partial charge in [-0.3, -0.25) is 9.48 Å². The highest BCUT2D eigenvalue weighted by molar-refractivity contribution is 7.11. The van der Waals surface area contributed by atoms with Gasteiger partial charge in [-0.2, -0.15) is 5.10 Å². The van der Waals surface area contributed by atoms with Gasteiger partial charge >= 0.3 is 0 Å². The number of aryl methyl sites for hydroxylation is 1. The van der Waals surface area contributed by atoms with Crippen LogP contribution in [0.25, 0.3) is 0 Å². The Morgan fingerprint density at radius 3 is 2.61 bits per heavy atom. The molecule has 1 aliphatic rings. The Morgan fingerprint density at radius 1 is 1.35 bits per heavy atom. The van der Waals surface area contributed by atoms with Crippen LogP contribution < -0.4 is 0 Å². The van der Waals surface area contributed by atoms with Gasteiger partial charge in [-0.15, -0.1) is 11.3 Å². The minimum Gasteiger partial charge on any atom is -0.337 e. The summed E-state index contributed by atoms with van der Waals surface area (Å²) >= 11 is 1.78. The Labute approximate surface area is 141 Å². The Hall–Kier alpha value is -1.69. The first-order chi connectivity index (χ1) is 10.9. The van der Waals surface area contributed by atoms with Crippen LogP contribution >= 0.6 is 11.3 Å². The second-order valence-corrected chi connectivity index (χ2v) is 8.12. The van der Waals surface area contributed by atoms with Crippen LogP contribution in [-0.4, -0.2) is 38.7 Å². The highest BCUT2D eigenvalue weighted by atomic mass is 32.1. The van der Waals surface area contributed by atoms with E-state index >= 15 is 0 Å². The van der Waals surface area contributed by atoms with E-state index in [4.69, 9.17) is 0 Å². The van der Waals surface area contributed by atoms with E-state index in [1.54, 1.807) is 22.2 Å². The van der Waals surface area contributed by atoms with E-state index < -0.39 is 0 Å². The maximum Gasteiger partial charge on any atom is 0.272 e. The average Bonchev–Trinajstić information content (AvgIpc) is 3.16. The van der Waals surface area contributed by atoms with Gasteiger partial charge in [0.05, 0.1) is 5.01 Å². The van der Waals surface area contributed by atoms with Gasteiger partial charge in [0, 0.05) is 41.8 Å². The molecule has 1 amide bonds. The number of carbonyl (C=O) groups is 1. The molecule has 5 nitrogen and oxygen atoms in total. The molecule has 124 valence electrons. The third-order valence-corrected chi connectivity index (χ3v) is 5.89. The van der Waals surface area contributed by atoms with Crippen LogP contribution in [0.2, 0.25) is 0 Å². The fraction of sp³-hybridized carbons (Fsp3) is 0.588. The lowest BCUT2D eigenvalue weighted by atomic mass is 9.81. The predicted octanol–water partition coefficient (Wildman–Crippen LogP) is 3.42. The zero-order valence-electron chi connectivity index (χ0n) is 14.2. The number of hydrogen-bond acceptors (Lipinski definition) is 4. The van der Waals surface area contributed by atoms with Crippen molar-refractivity contribution in [3.63, 3.8) is 0 Å². The zero-order valence-corrected chi connectivity index (χ0v) is 15.1. The molecule has 2 aromatic heterocycles.